The van der Waals surface area contributed by atoms with Gasteiger partial charge < -0.3 is 5.11 Å². The summed E-state index contributed by atoms with van der Waals surface area (Å²) in [6, 6.07) is 1.81. The average molecular weight is 426 g/mol. The molecule has 0 heterocycles. The van der Waals surface area contributed by atoms with E-state index in [2.05, 4.69) is 15.9 Å². The van der Waals surface area contributed by atoms with Crippen LogP contribution in [0.5, 0.6) is 0 Å². The van der Waals surface area contributed by atoms with E-state index < -0.39 is 41.5 Å². The van der Waals surface area contributed by atoms with Gasteiger partial charge in [0.05, 0.1) is 20.6 Å². The van der Waals surface area contributed by atoms with Crippen LogP contribution < -0.4 is 5.14 Å². The number of sulfone groups is 1. The number of primary sulfonamides is 1. The Kier molecular flexibility index (Phi) is 5.19. The summed E-state index contributed by atoms with van der Waals surface area (Å²) in [6.07, 6.45) is 3.42. The largest absolute Gasteiger partial charge is 0.478 e. The average Bonchev–Trinajstić information content (AvgIpc) is 2.46. The van der Waals surface area contributed by atoms with Crippen LogP contribution in [0, 0.1) is 0 Å². The van der Waals surface area contributed by atoms with E-state index in [0.717, 1.165) is 31.4 Å². The van der Waals surface area contributed by atoms with Crippen molar-refractivity contribution in [1.82, 2.24) is 0 Å². The predicted octanol–water partition coefficient (Wildman–Crippen LogP) is 1.90. The lowest BCUT2D eigenvalue weighted by Crippen LogP contribution is -2.26. The van der Waals surface area contributed by atoms with Crippen molar-refractivity contribution in [3.8, 4) is 0 Å². The molecule has 0 aliphatic heterocycles. The molecule has 0 saturated heterocycles. The first kappa shape index (κ1) is 18.4. The van der Waals surface area contributed by atoms with Crippen LogP contribution in [0.1, 0.15) is 42.5 Å². The molecule has 0 atom stereocenters. The van der Waals surface area contributed by atoms with Crippen LogP contribution in [-0.2, 0) is 19.9 Å². The predicted molar refractivity (Wildman–Crippen MR) is 86.5 cm³/mol. The first-order valence-electron chi connectivity index (χ1n) is 6.88. The Hall–Kier alpha value is -0.970. The first-order valence-corrected chi connectivity index (χ1v) is 10.8. The fourth-order valence-corrected chi connectivity index (χ4v) is 6.54. The highest BCUT2D eigenvalue weighted by Crippen LogP contribution is 2.34. The Morgan fingerprint density at radius 1 is 1.09 bits per heavy atom. The number of aromatic carboxylic acids is 1. The highest BCUT2D eigenvalue weighted by Gasteiger charge is 2.33. The monoisotopic (exact) mass is 425 g/mol. The van der Waals surface area contributed by atoms with Crippen molar-refractivity contribution in [2.75, 3.05) is 0 Å². The van der Waals surface area contributed by atoms with Crippen molar-refractivity contribution in [2.24, 2.45) is 5.14 Å². The second-order valence-electron chi connectivity index (χ2n) is 5.43. The maximum Gasteiger partial charge on any atom is 0.337 e. The first-order chi connectivity index (χ1) is 10.5. The number of halogens is 1. The summed E-state index contributed by atoms with van der Waals surface area (Å²) >= 11 is 2.97. The number of carboxylic acid groups (broad SMARTS) is 1. The van der Waals surface area contributed by atoms with Gasteiger partial charge in [0.1, 0.15) is 0 Å². The summed E-state index contributed by atoms with van der Waals surface area (Å²) in [5.41, 5.74) is -0.581. The molecule has 128 valence electrons. The van der Waals surface area contributed by atoms with E-state index in [1.165, 1.54) is 0 Å². The molecule has 3 N–H and O–H groups in total. The van der Waals surface area contributed by atoms with Crippen LogP contribution in [0.25, 0.3) is 0 Å². The molecule has 1 aliphatic rings. The highest BCUT2D eigenvalue weighted by atomic mass is 79.9. The van der Waals surface area contributed by atoms with Gasteiger partial charge in [-0.15, -0.1) is 0 Å². The SMILES string of the molecule is NS(=O)(=O)c1cc(C(=O)O)c(S(=O)(=O)C2CCCCC2)cc1Br. The Morgan fingerprint density at radius 2 is 1.65 bits per heavy atom. The maximum atomic E-state index is 12.8. The summed E-state index contributed by atoms with van der Waals surface area (Å²) in [5.74, 6) is -1.52. The number of rotatable bonds is 4. The third-order valence-electron chi connectivity index (χ3n) is 3.87. The quantitative estimate of drug-likeness (QED) is 0.756. The zero-order valence-electron chi connectivity index (χ0n) is 12.0. The van der Waals surface area contributed by atoms with Gasteiger partial charge in [0.25, 0.3) is 0 Å². The molecule has 0 aromatic heterocycles. The van der Waals surface area contributed by atoms with Gasteiger partial charge in [0.15, 0.2) is 9.84 Å². The van der Waals surface area contributed by atoms with Crippen molar-refractivity contribution in [2.45, 2.75) is 47.1 Å². The second-order valence-corrected chi connectivity index (χ2v) is 10.0. The maximum absolute atomic E-state index is 12.8. The van der Waals surface area contributed by atoms with E-state index in [-0.39, 0.29) is 9.37 Å². The number of sulfonamides is 1. The van der Waals surface area contributed by atoms with Crippen LogP contribution in [-0.4, -0.2) is 33.2 Å². The molecule has 1 aromatic carbocycles. The van der Waals surface area contributed by atoms with E-state index in [1.807, 2.05) is 0 Å². The molecule has 1 fully saturated rings. The number of hydrogen-bond donors (Lipinski definition) is 2. The van der Waals surface area contributed by atoms with Crippen LogP contribution in [0.15, 0.2) is 26.4 Å². The lowest BCUT2D eigenvalue weighted by Gasteiger charge is -2.23. The van der Waals surface area contributed by atoms with Crippen molar-refractivity contribution < 1.29 is 26.7 Å². The molecule has 1 aliphatic carbocycles. The van der Waals surface area contributed by atoms with Crippen LogP contribution >= 0.6 is 15.9 Å². The van der Waals surface area contributed by atoms with Crippen LogP contribution in [0.3, 0.4) is 0 Å². The molecule has 23 heavy (non-hydrogen) atoms. The summed E-state index contributed by atoms with van der Waals surface area (Å²) in [6.45, 7) is 0. The van der Waals surface area contributed by atoms with E-state index in [1.54, 1.807) is 0 Å². The Balaban J connectivity index is 2.67. The summed E-state index contributed by atoms with van der Waals surface area (Å²) < 4.78 is 48.4. The zero-order valence-corrected chi connectivity index (χ0v) is 15.2. The number of benzene rings is 1. The molecule has 0 unspecified atom stereocenters. The third kappa shape index (κ3) is 3.76. The standard InChI is InChI=1S/C13H16BrNO6S2/c14-10-7-11(22(18,19)8-4-2-1-3-5-8)9(13(16)17)6-12(10)23(15,20)21/h6-8H,1-5H2,(H,16,17)(H2,15,20,21). The minimum atomic E-state index is -4.18. The second kappa shape index (κ2) is 6.50. The highest BCUT2D eigenvalue weighted by molar-refractivity contribution is 9.10. The molecule has 10 heteroatoms. The molecule has 0 spiro atoms. The Morgan fingerprint density at radius 3 is 2.13 bits per heavy atom. The van der Waals surface area contributed by atoms with Gasteiger partial charge >= 0.3 is 5.97 Å². The van der Waals surface area contributed by atoms with Gasteiger partial charge in [-0.2, -0.15) is 0 Å². The normalized spacial score (nSPS) is 17.1. The fraction of sp³-hybridized carbons (Fsp3) is 0.462. The molecule has 1 saturated carbocycles. The van der Waals surface area contributed by atoms with Gasteiger partial charge in [-0.05, 0) is 40.9 Å². The van der Waals surface area contributed by atoms with Crippen molar-refractivity contribution in [3.63, 3.8) is 0 Å². The van der Waals surface area contributed by atoms with Gasteiger partial charge in [0.2, 0.25) is 10.0 Å². The molecule has 0 radical (unpaired) electrons. The minimum Gasteiger partial charge on any atom is -0.478 e. The molecular formula is C13H16BrNO6S2. The topological polar surface area (TPSA) is 132 Å². The summed E-state index contributed by atoms with van der Waals surface area (Å²) in [4.78, 5) is 10.6. The van der Waals surface area contributed by atoms with Crippen LogP contribution in [0.4, 0.5) is 0 Å². The van der Waals surface area contributed by atoms with E-state index >= 15 is 0 Å². The fourth-order valence-electron chi connectivity index (χ4n) is 2.71. The van der Waals surface area contributed by atoms with Gasteiger partial charge in [-0.1, -0.05) is 19.3 Å². The minimum absolute atomic E-state index is 0.0700. The van der Waals surface area contributed by atoms with E-state index in [4.69, 9.17) is 5.14 Å². The van der Waals surface area contributed by atoms with Gasteiger partial charge in [-0.3, -0.25) is 0 Å². The number of carboxylic acids is 1. The zero-order chi connectivity index (χ0) is 17.4. The molecule has 1 aromatic rings. The van der Waals surface area contributed by atoms with Gasteiger partial charge in [0, 0.05) is 4.47 Å². The van der Waals surface area contributed by atoms with Crippen molar-refractivity contribution >= 4 is 41.8 Å². The Bertz CT molecular complexity index is 841. The molecule has 0 amide bonds. The molecular weight excluding hydrogens is 410 g/mol. The van der Waals surface area contributed by atoms with E-state index in [9.17, 15) is 26.7 Å². The summed E-state index contributed by atoms with van der Waals surface area (Å²) in [5, 5.41) is 13.7. The van der Waals surface area contributed by atoms with E-state index in [0.29, 0.717) is 12.8 Å². The van der Waals surface area contributed by atoms with Crippen molar-refractivity contribution in [3.05, 3.63) is 22.2 Å². The molecule has 0 bridgehead atoms. The van der Waals surface area contributed by atoms with Crippen LogP contribution in [0.2, 0.25) is 0 Å². The number of carbonyl (C=O) groups is 1. The number of nitrogens with two attached hydrogens (primary N) is 1. The number of hydrogen-bond acceptors (Lipinski definition) is 5. The Labute approximate surface area is 143 Å². The molecule has 7 nitrogen and oxygen atoms in total. The third-order valence-corrected chi connectivity index (χ3v) is 8.04. The lowest BCUT2D eigenvalue weighted by atomic mass is 10.0. The summed E-state index contributed by atoms with van der Waals surface area (Å²) in [7, 11) is -8.05. The molecule has 2 rings (SSSR count). The van der Waals surface area contributed by atoms with Crippen molar-refractivity contribution in [1.29, 1.82) is 0 Å². The lowest BCUT2D eigenvalue weighted by molar-refractivity contribution is 0.0692. The van der Waals surface area contributed by atoms with Gasteiger partial charge in [-0.25, -0.2) is 26.8 Å². The smallest absolute Gasteiger partial charge is 0.337 e.